The van der Waals surface area contributed by atoms with E-state index in [1.54, 1.807) is 17.0 Å². The van der Waals surface area contributed by atoms with Gasteiger partial charge in [0.1, 0.15) is 0 Å². The van der Waals surface area contributed by atoms with E-state index in [-0.39, 0.29) is 17.8 Å². The van der Waals surface area contributed by atoms with Crippen molar-refractivity contribution in [2.45, 2.75) is 18.9 Å². The van der Waals surface area contributed by atoms with Gasteiger partial charge in [0.2, 0.25) is 0 Å². The zero-order chi connectivity index (χ0) is 17.1. The number of likely N-dealkylation sites (tertiary alicyclic amines) is 1. The molecule has 1 atom stereocenters. The summed E-state index contributed by atoms with van der Waals surface area (Å²) in [6, 6.07) is 13.0. The first kappa shape index (κ1) is 16.3. The van der Waals surface area contributed by atoms with Gasteiger partial charge in [0.05, 0.1) is 11.0 Å². The Morgan fingerprint density at radius 1 is 1.25 bits per heavy atom. The van der Waals surface area contributed by atoms with E-state index in [4.69, 9.17) is 11.6 Å². The van der Waals surface area contributed by atoms with E-state index in [0.717, 1.165) is 18.4 Å². The summed E-state index contributed by atoms with van der Waals surface area (Å²) in [7, 11) is 0. The molecule has 0 radical (unpaired) electrons. The largest absolute Gasteiger partial charge is 0.322 e. The fourth-order valence-electron chi connectivity index (χ4n) is 2.97. The van der Waals surface area contributed by atoms with Crippen molar-refractivity contribution in [2.24, 2.45) is 0 Å². The van der Waals surface area contributed by atoms with E-state index in [2.05, 4.69) is 5.32 Å². The Bertz CT molecular complexity index is 781. The lowest BCUT2D eigenvalue weighted by molar-refractivity contribution is -0.384. The summed E-state index contributed by atoms with van der Waals surface area (Å²) < 4.78 is 0. The van der Waals surface area contributed by atoms with Crippen LogP contribution in [0.25, 0.3) is 0 Å². The van der Waals surface area contributed by atoms with Gasteiger partial charge in [-0.1, -0.05) is 35.9 Å². The van der Waals surface area contributed by atoms with E-state index < -0.39 is 4.92 Å². The third-order valence-electron chi connectivity index (χ3n) is 4.09. The van der Waals surface area contributed by atoms with E-state index >= 15 is 0 Å². The minimum absolute atomic E-state index is 0.0584. The van der Waals surface area contributed by atoms with Crippen LogP contribution in [0.3, 0.4) is 0 Å². The number of nitrogens with zero attached hydrogens (tertiary/aromatic N) is 2. The number of nitro groups is 1. The number of nitrogens with one attached hydrogen (secondary N) is 1. The van der Waals surface area contributed by atoms with Crippen LogP contribution < -0.4 is 5.32 Å². The Balaban J connectivity index is 1.78. The molecular weight excluding hydrogens is 330 g/mol. The summed E-state index contributed by atoms with van der Waals surface area (Å²) in [5.74, 6) is 0. The number of non-ortho nitro benzene ring substituents is 1. The Hall–Kier alpha value is -2.60. The molecular formula is C17H16ClN3O3. The molecule has 1 unspecified atom stereocenters. The quantitative estimate of drug-likeness (QED) is 0.651. The normalized spacial score (nSPS) is 16.9. The van der Waals surface area contributed by atoms with Crippen LogP contribution in [0, 0.1) is 10.1 Å². The minimum Gasteiger partial charge on any atom is -0.317 e. The molecule has 0 bridgehead atoms. The highest BCUT2D eigenvalue weighted by atomic mass is 35.5. The fraction of sp³-hybridized carbons (Fsp3) is 0.235. The van der Waals surface area contributed by atoms with Crippen LogP contribution in [-0.2, 0) is 0 Å². The predicted molar refractivity (Wildman–Crippen MR) is 92.2 cm³/mol. The Kier molecular flexibility index (Phi) is 4.66. The van der Waals surface area contributed by atoms with Crippen LogP contribution in [0.2, 0.25) is 5.02 Å². The first-order valence-corrected chi connectivity index (χ1v) is 8.00. The average molecular weight is 346 g/mol. The molecule has 0 aliphatic carbocycles. The number of rotatable bonds is 3. The summed E-state index contributed by atoms with van der Waals surface area (Å²) in [6.45, 7) is 0.622. The minimum atomic E-state index is -0.488. The summed E-state index contributed by atoms with van der Waals surface area (Å²) in [4.78, 5) is 24.7. The van der Waals surface area contributed by atoms with Gasteiger partial charge in [-0.3, -0.25) is 10.1 Å². The van der Waals surface area contributed by atoms with E-state index in [1.165, 1.54) is 12.1 Å². The summed E-state index contributed by atoms with van der Waals surface area (Å²) >= 11 is 6.26. The number of carbonyl (C=O) groups is 1. The van der Waals surface area contributed by atoms with E-state index in [1.807, 2.05) is 24.3 Å². The molecule has 2 amide bonds. The molecule has 1 saturated heterocycles. The number of benzene rings is 2. The predicted octanol–water partition coefficient (Wildman–Crippen LogP) is 4.62. The van der Waals surface area contributed by atoms with Crippen molar-refractivity contribution in [3.8, 4) is 0 Å². The Morgan fingerprint density at radius 2 is 2.04 bits per heavy atom. The van der Waals surface area contributed by atoms with Crippen molar-refractivity contribution in [1.82, 2.24) is 4.90 Å². The molecule has 1 aliphatic heterocycles. The van der Waals surface area contributed by atoms with Gasteiger partial charge in [0.15, 0.2) is 0 Å². The lowest BCUT2D eigenvalue weighted by Gasteiger charge is -2.26. The van der Waals surface area contributed by atoms with Gasteiger partial charge in [-0.15, -0.1) is 0 Å². The van der Waals surface area contributed by atoms with Crippen molar-refractivity contribution in [2.75, 3.05) is 11.9 Å². The Labute approximate surface area is 144 Å². The SMILES string of the molecule is O=C(Nc1cccc([N+](=O)[O-])c1)N1CCCC1c1ccccc1Cl. The monoisotopic (exact) mass is 345 g/mol. The van der Waals surface area contributed by atoms with Crippen molar-refractivity contribution >= 4 is 29.0 Å². The van der Waals surface area contributed by atoms with Crippen LogP contribution >= 0.6 is 11.6 Å². The van der Waals surface area contributed by atoms with Crippen LogP contribution in [0.4, 0.5) is 16.2 Å². The topological polar surface area (TPSA) is 75.5 Å². The molecule has 24 heavy (non-hydrogen) atoms. The van der Waals surface area contributed by atoms with Crippen molar-refractivity contribution in [3.05, 3.63) is 69.2 Å². The molecule has 3 rings (SSSR count). The van der Waals surface area contributed by atoms with Crippen molar-refractivity contribution < 1.29 is 9.72 Å². The maximum atomic E-state index is 12.6. The van der Waals surface area contributed by atoms with Crippen LogP contribution in [0.15, 0.2) is 48.5 Å². The molecule has 1 aliphatic rings. The second-order valence-corrected chi connectivity index (χ2v) is 6.02. The third kappa shape index (κ3) is 3.33. The first-order valence-electron chi connectivity index (χ1n) is 7.63. The van der Waals surface area contributed by atoms with Gasteiger partial charge in [-0.2, -0.15) is 0 Å². The van der Waals surface area contributed by atoms with Crippen LogP contribution in [0.1, 0.15) is 24.4 Å². The Morgan fingerprint density at radius 3 is 2.79 bits per heavy atom. The number of nitro benzene ring substituents is 1. The summed E-state index contributed by atoms with van der Waals surface area (Å²) in [5, 5.41) is 14.2. The smallest absolute Gasteiger partial charge is 0.317 e. The molecule has 0 spiro atoms. The van der Waals surface area contributed by atoms with Gasteiger partial charge in [-0.05, 0) is 30.5 Å². The highest BCUT2D eigenvalue weighted by molar-refractivity contribution is 6.31. The molecule has 0 aromatic heterocycles. The number of amides is 2. The number of urea groups is 1. The number of carbonyl (C=O) groups excluding carboxylic acids is 1. The molecule has 124 valence electrons. The molecule has 6 nitrogen and oxygen atoms in total. The fourth-order valence-corrected chi connectivity index (χ4v) is 3.23. The zero-order valence-electron chi connectivity index (χ0n) is 12.8. The van der Waals surface area contributed by atoms with E-state index in [0.29, 0.717) is 17.3 Å². The number of hydrogen-bond acceptors (Lipinski definition) is 3. The lowest BCUT2D eigenvalue weighted by Crippen LogP contribution is -2.34. The van der Waals surface area contributed by atoms with Gasteiger partial charge in [-0.25, -0.2) is 4.79 Å². The third-order valence-corrected chi connectivity index (χ3v) is 4.43. The van der Waals surface area contributed by atoms with Crippen molar-refractivity contribution in [3.63, 3.8) is 0 Å². The van der Waals surface area contributed by atoms with Crippen LogP contribution in [0.5, 0.6) is 0 Å². The number of anilines is 1. The molecule has 2 aromatic carbocycles. The molecule has 7 heteroatoms. The van der Waals surface area contributed by atoms with Gasteiger partial charge in [0, 0.05) is 29.4 Å². The summed E-state index contributed by atoms with van der Waals surface area (Å²) in [6.07, 6.45) is 1.73. The second kappa shape index (κ2) is 6.88. The molecule has 0 saturated carbocycles. The van der Waals surface area contributed by atoms with Crippen LogP contribution in [-0.4, -0.2) is 22.4 Å². The molecule has 1 N–H and O–H groups in total. The standard InChI is InChI=1S/C17H16ClN3O3/c18-15-8-2-1-7-14(15)16-9-4-10-20(16)17(22)19-12-5-3-6-13(11-12)21(23)24/h1-3,5-8,11,16H,4,9-10H2,(H,19,22). The molecule has 1 heterocycles. The molecule has 1 fully saturated rings. The van der Waals surface area contributed by atoms with Gasteiger partial charge >= 0.3 is 6.03 Å². The van der Waals surface area contributed by atoms with Gasteiger partial charge in [0.25, 0.3) is 5.69 Å². The maximum absolute atomic E-state index is 12.6. The average Bonchev–Trinajstić information content (AvgIpc) is 3.05. The van der Waals surface area contributed by atoms with E-state index in [9.17, 15) is 14.9 Å². The highest BCUT2D eigenvalue weighted by Gasteiger charge is 2.31. The number of halogens is 1. The van der Waals surface area contributed by atoms with Crippen molar-refractivity contribution in [1.29, 1.82) is 0 Å². The second-order valence-electron chi connectivity index (χ2n) is 5.61. The zero-order valence-corrected chi connectivity index (χ0v) is 13.6. The molecule has 2 aromatic rings. The summed E-state index contributed by atoms with van der Waals surface area (Å²) in [5.41, 5.74) is 1.27. The number of hydrogen-bond donors (Lipinski definition) is 1. The van der Waals surface area contributed by atoms with Gasteiger partial charge < -0.3 is 10.2 Å². The highest BCUT2D eigenvalue weighted by Crippen LogP contribution is 2.36. The lowest BCUT2D eigenvalue weighted by atomic mass is 10.0. The maximum Gasteiger partial charge on any atom is 0.322 e. The first-order chi connectivity index (χ1) is 11.6.